The summed E-state index contributed by atoms with van der Waals surface area (Å²) in [6, 6.07) is 0. The Morgan fingerprint density at radius 1 is 0.144 bits per heavy atom. The van der Waals surface area contributed by atoms with E-state index in [0.717, 1.165) is 0 Å². The molecule has 0 heterocycles. The molecule has 0 amide bonds. The van der Waals surface area contributed by atoms with E-state index < -0.39 is 7.82 Å². The molecular formula is C96H204N3O4P. The van der Waals surface area contributed by atoms with Gasteiger partial charge in [0.05, 0.1) is 80.0 Å². The first-order valence-corrected chi connectivity index (χ1v) is 50.2. The Balaban J connectivity index is -0.000000696. The molecule has 0 aliphatic rings. The van der Waals surface area contributed by atoms with Gasteiger partial charge in [-0.1, -0.05) is 428 Å². The van der Waals surface area contributed by atoms with Gasteiger partial charge in [-0.3, -0.25) is 0 Å². The van der Waals surface area contributed by atoms with E-state index in [2.05, 4.69) is 83.5 Å². The molecule has 0 N–H and O–H groups in total. The number of phosphoric acid groups is 1. The van der Waals surface area contributed by atoms with Crippen molar-refractivity contribution in [2.45, 2.75) is 544 Å². The summed E-state index contributed by atoms with van der Waals surface area (Å²) in [6.07, 6.45) is 109. The van der Waals surface area contributed by atoms with Gasteiger partial charge in [-0.2, -0.15) is 7.82 Å². The van der Waals surface area contributed by atoms with E-state index in [1.165, 1.54) is 554 Å². The fourth-order valence-electron chi connectivity index (χ4n) is 16.2. The molecule has 0 saturated heterocycles. The molecule has 0 aromatic rings. The molecule has 0 saturated carbocycles. The van der Waals surface area contributed by atoms with Gasteiger partial charge in [0, 0.05) is 0 Å². The summed E-state index contributed by atoms with van der Waals surface area (Å²) in [6.45, 7) is 33.8. The summed E-state index contributed by atoms with van der Waals surface area (Å²) in [7, 11) is 2.38. The third-order valence-corrected chi connectivity index (χ3v) is 23.7. The van der Waals surface area contributed by atoms with Crippen molar-refractivity contribution in [1.82, 2.24) is 0 Å². The first kappa shape index (κ1) is 110. The summed E-state index contributed by atoms with van der Waals surface area (Å²) in [5.74, 6) is 0. The second-order valence-corrected chi connectivity index (χ2v) is 36.0. The lowest BCUT2D eigenvalue weighted by Crippen LogP contribution is -2.46. The fraction of sp³-hybridized carbons (Fsp3) is 1.00. The lowest BCUT2D eigenvalue weighted by Gasteiger charge is -2.36. The van der Waals surface area contributed by atoms with Crippen LogP contribution >= 0.6 is 7.82 Å². The van der Waals surface area contributed by atoms with Gasteiger partial charge >= 0.3 is 0 Å². The molecule has 0 radical (unpaired) electrons. The zero-order valence-corrected chi connectivity index (χ0v) is 75.7. The topological polar surface area (TPSA) is 86.2 Å². The van der Waals surface area contributed by atoms with Crippen LogP contribution in [0, 0.1) is 0 Å². The smallest absolute Gasteiger partial charge is 0.0784 e. The van der Waals surface area contributed by atoms with Gasteiger partial charge in [0.1, 0.15) is 0 Å². The largest absolute Gasteiger partial charge is 0.822 e. The van der Waals surface area contributed by atoms with Gasteiger partial charge < -0.3 is 32.7 Å². The molecule has 0 aliphatic heterocycles. The second kappa shape index (κ2) is 91.9. The minimum Gasteiger partial charge on any atom is -0.822 e. The van der Waals surface area contributed by atoms with Crippen molar-refractivity contribution in [3.05, 3.63) is 0 Å². The highest BCUT2D eigenvalue weighted by Crippen LogP contribution is 2.23. The van der Waals surface area contributed by atoms with Crippen LogP contribution in [0.25, 0.3) is 0 Å². The van der Waals surface area contributed by atoms with Crippen LogP contribution in [0.3, 0.4) is 0 Å². The van der Waals surface area contributed by atoms with Crippen molar-refractivity contribution in [3.8, 4) is 0 Å². The zero-order chi connectivity index (χ0) is 77.4. The monoisotopic (exact) mass is 1490 g/mol. The van der Waals surface area contributed by atoms with Crippen LogP contribution in [0.1, 0.15) is 544 Å². The lowest BCUT2D eigenvalue weighted by molar-refractivity contribution is -0.910. The van der Waals surface area contributed by atoms with E-state index in [4.69, 9.17) is 19.2 Å². The molecule has 0 unspecified atom stereocenters. The summed E-state index contributed by atoms with van der Waals surface area (Å²) in [5, 5.41) is 0. The quantitative estimate of drug-likeness (QED) is 0.0345. The SMILES string of the molecule is CCCCCCCCCCC[N+](C)(CCCCCCCCCC)CCCCCCCCCC.CCCCCCCCCCC[N+](C)(CCCCCCCCCC)CCCCCCCCCC.CCCCCCCCCCC[N+](C)(CCCCCCCCCC)CCCCCCCCCC.O=P([O-])([O-])[O-]. The van der Waals surface area contributed by atoms with E-state index in [0.29, 0.717) is 0 Å². The van der Waals surface area contributed by atoms with E-state index >= 15 is 0 Å². The van der Waals surface area contributed by atoms with Gasteiger partial charge in [0.2, 0.25) is 0 Å². The van der Waals surface area contributed by atoms with Crippen molar-refractivity contribution in [3.63, 3.8) is 0 Å². The molecule has 104 heavy (non-hydrogen) atoms. The van der Waals surface area contributed by atoms with Crippen molar-refractivity contribution >= 4 is 7.82 Å². The van der Waals surface area contributed by atoms with Gasteiger partial charge in [0.15, 0.2) is 0 Å². The van der Waals surface area contributed by atoms with Gasteiger partial charge in [-0.15, -0.1) is 0 Å². The van der Waals surface area contributed by atoms with Gasteiger partial charge in [-0.25, -0.2) is 0 Å². The maximum atomic E-state index is 8.55. The summed E-state index contributed by atoms with van der Waals surface area (Å²) in [4.78, 5) is 25.6. The molecule has 0 aromatic carbocycles. The summed E-state index contributed by atoms with van der Waals surface area (Å²) < 4.78 is 12.6. The Hall–Kier alpha value is -0.0100. The number of nitrogens with zero attached hydrogens (tertiary/aromatic N) is 3. The number of unbranched alkanes of at least 4 members (excludes halogenated alkanes) is 66. The minimum atomic E-state index is -5.39. The second-order valence-electron chi connectivity index (χ2n) is 35.2. The molecule has 7 nitrogen and oxygen atoms in total. The molecule has 0 aliphatic carbocycles. The molecule has 0 spiro atoms. The number of hydrogen-bond donors (Lipinski definition) is 0. The van der Waals surface area contributed by atoms with E-state index in [1.54, 1.807) is 0 Å². The van der Waals surface area contributed by atoms with Crippen LogP contribution in [-0.4, -0.2) is 93.5 Å². The Morgan fingerprint density at radius 2 is 0.202 bits per heavy atom. The minimum absolute atomic E-state index is 1.36. The van der Waals surface area contributed by atoms with Crippen LogP contribution < -0.4 is 14.7 Å². The third kappa shape index (κ3) is 100.0. The van der Waals surface area contributed by atoms with Gasteiger partial charge in [-0.05, 0) is 116 Å². The Bertz CT molecular complexity index is 1330. The lowest BCUT2D eigenvalue weighted by atomic mass is 10.1. The predicted molar refractivity (Wildman–Crippen MR) is 467 cm³/mol. The molecule has 632 valence electrons. The van der Waals surface area contributed by atoms with E-state index in [1.807, 2.05) is 0 Å². The predicted octanol–water partition coefficient (Wildman–Crippen LogP) is 30.9. The van der Waals surface area contributed by atoms with Crippen molar-refractivity contribution in [1.29, 1.82) is 0 Å². The van der Waals surface area contributed by atoms with Crippen LogP contribution in [0.5, 0.6) is 0 Å². The fourth-order valence-corrected chi connectivity index (χ4v) is 16.2. The highest BCUT2D eigenvalue weighted by atomic mass is 31.2. The highest BCUT2D eigenvalue weighted by Gasteiger charge is 2.23. The normalized spacial score (nSPS) is 12.0. The molecular weight excluding hydrogens is 1290 g/mol. The molecule has 8 heteroatoms. The first-order chi connectivity index (χ1) is 50.5. The van der Waals surface area contributed by atoms with Crippen molar-refractivity contribution in [2.24, 2.45) is 0 Å². The summed E-state index contributed by atoms with van der Waals surface area (Å²) in [5.41, 5.74) is 0. The van der Waals surface area contributed by atoms with Crippen molar-refractivity contribution < 1.29 is 32.7 Å². The van der Waals surface area contributed by atoms with Crippen LogP contribution in [0.2, 0.25) is 0 Å². The number of hydrogen-bond acceptors (Lipinski definition) is 4. The maximum absolute atomic E-state index is 8.55. The van der Waals surface area contributed by atoms with E-state index in [-0.39, 0.29) is 0 Å². The molecule has 0 fully saturated rings. The molecule has 0 aromatic heterocycles. The van der Waals surface area contributed by atoms with Gasteiger partial charge in [0.25, 0.3) is 0 Å². The number of quaternary nitrogens is 3. The maximum Gasteiger partial charge on any atom is 0.0784 e. The Morgan fingerprint density at radius 3 is 0.269 bits per heavy atom. The van der Waals surface area contributed by atoms with Crippen LogP contribution in [-0.2, 0) is 4.57 Å². The van der Waals surface area contributed by atoms with E-state index in [9.17, 15) is 0 Å². The molecule has 0 rings (SSSR count). The Kier molecular flexibility index (Phi) is 97.4. The van der Waals surface area contributed by atoms with Crippen LogP contribution in [0.15, 0.2) is 0 Å². The number of rotatable bonds is 84. The third-order valence-electron chi connectivity index (χ3n) is 23.7. The average molecular weight is 1500 g/mol. The zero-order valence-electron chi connectivity index (χ0n) is 74.8. The molecule has 0 bridgehead atoms. The first-order valence-electron chi connectivity index (χ1n) is 48.8. The standard InChI is InChI=1S/3C32H68N.H3O4P/c3*1-5-8-11-14-17-20-23-26-29-32-33(4,30-27-24-21-18-15-12-9-6-2)31-28-25-22-19-16-13-10-7-3;1-5(2,3)4/h3*5-32H2,1-4H3;(H3,1,2,3,4)/q3*+1;/p-3. The average Bonchev–Trinajstić information content (AvgIpc) is 0.924. The van der Waals surface area contributed by atoms with Crippen LogP contribution in [0.4, 0.5) is 0 Å². The van der Waals surface area contributed by atoms with Crippen molar-refractivity contribution in [2.75, 3.05) is 80.0 Å². The highest BCUT2D eigenvalue weighted by molar-refractivity contribution is 7.40. The Labute approximate surface area is 660 Å². The molecule has 0 atom stereocenters. The summed E-state index contributed by atoms with van der Waals surface area (Å²) >= 11 is 0.